The second-order valence-electron chi connectivity index (χ2n) is 6.88. The molecule has 0 saturated heterocycles. The normalized spacial score (nSPS) is 11.0. The molecule has 7 nitrogen and oxygen atoms in total. The summed E-state index contributed by atoms with van der Waals surface area (Å²) in [6.45, 7) is 2.76. The molecule has 3 N–H and O–H groups in total. The first kappa shape index (κ1) is 21.9. The van der Waals surface area contributed by atoms with Gasteiger partial charge in [-0.05, 0) is 41.8 Å². The van der Waals surface area contributed by atoms with E-state index in [0.717, 1.165) is 23.2 Å². The monoisotopic (exact) mass is 395 g/mol. The van der Waals surface area contributed by atoms with Crippen LogP contribution >= 0.6 is 0 Å². The van der Waals surface area contributed by atoms with E-state index in [-0.39, 0.29) is 11.8 Å². The largest absolute Gasteiger partial charge is 0.356 e. The number of benzene rings is 2. The van der Waals surface area contributed by atoms with E-state index < -0.39 is 0 Å². The summed E-state index contributed by atoms with van der Waals surface area (Å²) in [6.07, 6.45) is 0.771. The van der Waals surface area contributed by atoms with Crippen molar-refractivity contribution in [2.45, 2.75) is 19.9 Å². The number of anilines is 1. The molecular weight excluding hydrogens is 366 g/mol. The number of carbonyl (C=O) groups excluding carboxylic acids is 2. The highest BCUT2D eigenvalue weighted by Crippen LogP contribution is 2.10. The summed E-state index contributed by atoms with van der Waals surface area (Å²) in [6, 6.07) is 15.3. The number of hydrogen-bond donors (Lipinski definition) is 3. The summed E-state index contributed by atoms with van der Waals surface area (Å²) in [7, 11) is 5.22. The fourth-order valence-electron chi connectivity index (χ4n) is 2.81. The van der Waals surface area contributed by atoms with Gasteiger partial charge in [0.25, 0.3) is 5.91 Å². The Morgan fingerprint density at radius 1 is 1.00 bits per heavy atom. The fourth-order valence-corrected chi connectivity index (χ4v) is 2.81. The Morgan fingerprint density at radius 2 is 1.72 bits per heavy atom. The van der Waals surface area contributed by atoms with E-state index >= 15 is 0 Å². The van der Waals surface area contributed by atoms with Gasteiger partial charge in [-0.2, -0.15) is 0 Å². The Hall–Kier alpha value is -3.35. The molecule has 2 aromatic rings. The first-order valence-electron chi connectivity index (χ1n) is 9.50. The zero-order chi connectivity index (χ0) is 21.2. The second-order valence-corrected chi connectivity index (χ2v) is 6.88. The van der Waals surface area contributed by atoms with Crippen molar-refractivity contribution in [2.75, 3.05) is 33.0 Å². The minimum atomic E-state index is -0.0936. The molecule has 0 aliphatic heterocycles. The molecule has 0 fully saturated rings. The van der Waals surface area contributed by atoms with Crippen molar-refractivity contribution >= 4 is 23.5 Å². The highest BCUT2D eigenvalue weighted by molar-refractivity contribution is 5.94. The lowest BCUT2D eigenvalue weighted by atomic mass is 10.1. The molecule has 7 heteroatoms. The molecule has 0 unspecified atom stereocenters. The van der Waals surface area contributed by atoms with Crippen LogP contribution < -0.4 is 16.0 Å². The average Bonchev–Trinajstić information content (AvgIpc) is 2.70. The first-order valence-corrected chi connectivity index (χ1v) is 9.50. The molecular formula is C22H29N5O2. The van der Waals surface area contributed by atoms with Gasteiger partial charge in [0, 0.05) is 52.4 Å². The minimum Gasteiger partial charge on any atom is -0.356 e. The Morgan fingerprint density at radius 3 is 2.41 bits per heavy atom. The molecule has 154 valence electrons. The van der Waals surface area contributed by atoms with E-state index in [4.69, 9.17) is 0 Å². The Balaban J connectivity index is 1.85. The lowest BCUT2D eigenvalue weighted by Gasteiger charge is -2.13. The molecule has 0 bridgehead atoms. The van der Waals surface area contributed by atoms with Gasteiger partial charge in [-0.3, -0.25) is 14.6 Å². The minimum absolute atomic E-state index is 0.00113. The van der Waals surface area contributed by atoms with E-state index in [1.54, 1.807) is 26.0 Å². The molecule has 0 aliphatic carbocycles. The standard InChI is InChI=1S/C22H29N5O2/c1-16(28)26-20-10-6-8-18(14-20)15-25-22(23-2)24-12-11-17-7-5-9-19(13-17)21(29)27(3)4/h5-10,13-14H,11-12,15H2,1-4H3,(H,26,28)(H2,23,24,25). The second kappa shape index (κ2) is 10.8. The number of carbonyl (C=O) groups is 2. The predicted molar refractivity (Wildman–Crippen MR) is 117 cm³/mol. The molecule has 0 heterocycles. The lowest BCUT2D eigenvalue weighted by molar-refractivity contribution is -0.114. The summed E-state index contributed by atoms with van der Waals surface area (Å²) in [5, 5.41) is 9.32. The number of guanidine groups is 1. The SMILES string of the molecule is CN=C(NCCc1cccc(C(=O)N(C)C)c1)NCc1cccc(NC(C)=O)c1. The van der Waals surface area contributed by atoms with Crippen molar-refractivity contribution in [3.8, 4) is 0 Å². The Bertz CT molecular complexity index is 877. The predicted octanol–water partition coefficient (Wildman–Crippen LogP) is 2.25. The molecule has 0 aromatic heterocycles. The molecule has 0 atom stereocenters. The zero-order valence-electron chi connectivity index (χ0n) is 17.5. The van der Waals surface area contributed by atoms with Crippen LogP contribution in [0.1, 0.15) is 28.4 Å². The maximum Gasteiger partial charge on any atom is 0.253 e. The number of rotatable bonds is 7. The summed E-state index contributed by atoms with van der Waals surface area (Å²) < 4.78 is 0. The van der Waals surface area contributed by atoms with Crippen LogP contribution in [0.15, 0.2) is 53.5 Å². The summed E-state index contributed by atoms with van der Waals surface area (Å²) >= 11 is 0. The summed E-state index contributed by atoms with van der Waals surface area (Å²) in [4.78, 5) is 29.1. The Labute approximate surface area is 172 Å². The summed E-state index contributed by atoms with van der Waals surface area (Å²) in [5.41, 5.74) is 3.58. The van der Waals surface area contributed by atoms with Crippen LogP contribution in [0.4, 0.5) is 5.69 Å². The van der Waals surface area contributed by atoms with Crippen molar-refractivity contribution in [3.05, 3.63) is 65.2 Å². The van der Waals surface area contributed by atoms with Crippen LogP contribution in [0.3, 0.4) is 0 Å². The van der Waals surface area contributed by atoms with Crippen molar-refractivity contribution in [1.82, 2.24) is 15.5 Å². The molecule has 2 aromatic carbocycles. The van der Waals surface area contributed by atoms with Gasteiger partial charge in [0.15, 0.2) is 5.96 Å². The van der Waals surface area contributed by atoms with E-state index in [9.17, 15) is 9.59 Å². The van der Waals surface area contributed by atoms with Gasteiger partial charge in [-0.15, -0.1) is 0 Å². The van der Waals surface area contributed by atoms with Gasteiger partial charge >= 0.3 is 0 Å². The van der Waals surface area contributed by atoms with Crippen LogP contribution in [0.5, 0.6) is 0 Å². The maximum atomic E-state index is 12.1. The third-order valence-electron chi connectivity index (χ3n) is 4.22. The Kier molecular flexibility index (Phi) is 8.21. The third kappa shape index (κ3) is 7.29. The van der Waals surface area contributed by atoms with E-state index in [1.165, 1.54) is 6.92 Å². The van der Waals surface area contributed by atoms with Crippen LogP contribution in [0, 0.1) is 0 Å². The maximum absolute atomic E-state index is 12.1. The van der Waals surface area contributed by atoms with Crippen molar-refractivity contribution in [1.29, 1.82) is 0 Å². The third-order valence-corrected chi connectivity index (χ3v) is 4.22. The average molecular weight is 396 g/mol. The van der Waals surface area contributed by atoms with Crippen LogP contribution in [0.2, 0.25) is 0 Å². The van der Waals surface area contributed by atoms with Gasteiger partial charge in [-0.25, -0.2) is 0 Å². The fraction of sp³-hybridized carbons (Fsp3) is 0.318. The highest BCUT2D eigenvalue weighted by atomic mass is 16.2. The van der Waals surface area contributed by atoms with Crippen molar-refractivity contribution in [3.63, 3.8) is 0 Å². The van der Waals surface area contributed by atoms with Crippen LogP contribution in [0.25, 0.3) is 0 Å². The number of aliphatic imine (C=N–C) groups is 1. The number of nitrogens with one attached hydrogen (secondary N) is 3. The van der Waals surface area contributed by atoms with E-state index in [0.29, 0.717) is 24.6 Å². The molecule has 0 aliphatic rings. The number of hydrogen-bond acceptors (Lipinski definition) is 3. The van der Waals surface area contributed by atoms with E-state index in [2.05, 4.69) is 20.9 Å². The quantitative estimate of drug-likeness (QED) is 0.496. The molecule has 29 heavy (non-hydrogen) atoms. The smallest absolute Gasteiger partial charge is 0.253 e. The van der Waals surface area contributed by atoms with Crippen molar-refractivity contribution in [2.24, 2.45) is 4.99 Å². The topological polar surface area (TPSA) is 85.8 Å². The van der Waals surface area contributed by atoms with Crippen molar-refractivity contribution < 1.29 is 9.59 Å². The van der Waals surface area contributed by atoms with Gasteiger partial charge in [0.2, 0.25) is 5.91 Å². The van der Waals surface area contributed by atoms with Gasteiger partial charge in [0.1, 0.15) is 0 Å². The molecule has 2 rings (SSSR count). The zero-order valence-corrected chi connectivity index (χ0v) is 17.5. The van der Waals surface area contributed by atoms with Gasteiger partial charge in [-0.1, -0.05) is 24.3 Å². The number of nitrogens with zero attached hydrogens (tertiary/aromatic N) is 2. The lowest BCUT2D eigenvalue weighted by Crippen LogP contribution is -2.37. The summed E-state index contributed by atoms with van der Waals surface area (Å²) in [5.74, 6) is 0.596. The number of amides is 2. The van der Waals surface area contributed by atoms with Gasteiger partial charge < -0.3 is 20.9 Å². The molecule has 0 spiro atoms. The molecule has 0 saturated carbocycles. The van der Waals surface area contributed by atoms with Crippen LogP contribution in [-0.4, -0.2) is 50.4 Å². The van der Waals surface area contributed by atoms with Crippen LogP contribution in [-0.2, 0) is 17.8 Å². The first-order chi connectivity index (χ1) is 13.9. The molecule has 0 radical (unpaired) electrons. The van der Waals surface area contributed by atoms with E-state index in [1.807, 2.05) is 48.5 Å². The highest BCUT2D eigenvalue weighted by Gasteiger charge is 2.08. The van der Waals surface area contributed by atoms with Gasteiger partial charge in [0.05, 0.1) is 0 Å². The molecule has 2 amide bonds.